The Bertz CT molecular complexity index is 1080. The summed E-state index contributed by atoms with van der Waals surface area (Å²) in [5.74, 6) is 0.835. The van der Waals surface area contributed by atoms with Crippen LogP contribution in [0, 0.1) is 24.1 Å². The highest BCUT2D eigenvalue weighted by atomic mass is 19.3. The largest absolute Gasteiger partial charge is 0.479 e. The molecular weight excluding hydrogens is 411 g/mol. The number of carbonyl (C=O) groups is 1. The summed E-state index contributed by atoms with van der Waals surface area (Å²) in [5.41, 5.74) is 3.66. The number of nitrogens with zero attached hydrogens (tertiary/aromatic N) is 2. The van der Waals surface area contributed by atoms with Gasteiger partial charge in [0.15, 0.2) is 11.3 Å². The van der Waals surface area contributed by atoms with Gasteiger partial charge in [0.05, 0.1) is 6.20 Å². The first kappa shape index (κ1) is 20.7. The molecule has 1 aromatic heterocycles. The first-order chi connectivity index (χ1) is 14.8. The summed E-state index contributed by atoms with van der Waals surface area (Å²) in [6.07, 6.45) is 3.11. The third-order valence-corrected chi connectivity index (χ3v) is 5.37. The van der Waals surface area contributed by atoms with Gasteiger partial charge in [-0.3, -0.25) is 4.79 Å². The molecule has 6 nitrogen and oxygen atoms in total. The summed E-state index contributed by atoms with van der Waals surface area (Å²) in [6, 6.07) is 6.31. The Morgan fingerprint density at radius 1 is 1.39 bits per heavy atom. The van der Waals surface area contributed by atoms with Gasteiger partial charge in [0.2, 0.25) is 0 Å². The SMILES string of the molecule is C#CCOc1ccc(C(=O)Cc2ccc(F)c([C@@]3(C(F)F)N=C(N)O[C@@H]4C[C@@H]43)c2)nc1. The molecular formula is C22H18F3N3O3. The van der Waals surface area contributed by atoms with Crippen molar-refractivity contribution in [3.63, 3.8) is 0 Å². The molecule has 1 fully saturated rings. The van der Waals surface area contributed by atoms with Crippen molar-refractivity contribution in [2.45, 2.75) is 30.9 Å². The molecule has 0 radical (unpaired) electrons. The predicted molar refractivity (Wildman–Crippen MR) is 105 cm³/mol. The van der Waals surface area contributed by atoms with Crippen LogP contribution < -0.4 is 10.5 Å². The quantitative estimate of drug-likeness (QED) is 0.540. The molecule has 1 aliphatic carbocycles. The van der Waals surface area contributed by atoms with Crippen LogP contribution >= 0.6 is 0 Å². The van der Waals surface area contributed by atoms with Gasteiger partial charge in [0.1, 0.15) is 30.0 Å². The second-order valence-electron chi connectivity index (χ2n) is 7.36. The van der Waals surface area contributed by atoms with Crippen LogP contribution in [0.25, 0.3) is 0 Å². The lowest BCUT2D eigenvalue weighted by Crippen LogP contribution is -2.43. The van der Waals surface area contributed by atoms with E-state index in [1.165, 1.54) is 24.4 Å². The zero-order valence-corrected chi connectivity index (χ0v) is 16.2. The van der Waals surface area contributed by atoms with Gasteiger partial charge in [-0.2, -0.15) is 0 Å². The van der Waals surface area contributed by atoms with Gasteiger partial charge in [-0.05, 0) is 36.2 Å². The van der Waals surface area contributed by atoms with E-state index in [4.69, 9.17) is 21.6 Å². The maximum atomic E-state index is 14.7. The number of alkyl halides is 2. The molecule has 2 aliphatic rings. The van der Waals surface area contributed by atoms with E-state index in [1.807, 2.05) is 0 Å². The number of carbonyl (C=O) groups excluding carboxylic acids is 1. The Hall–Kier alpha value is -3.54. The molecule has 1 aromatic carbocycles. The lowest BCUT2D eigenvalue weighted by molar-refractivity contribution is 0.0176. The topological polar surface area (TPSA) is 86.8 Å². The van der Waals surface area contributed by atoms with Crippen molar-refractivity contribution >= 4 is 11.8 Å². The zero-order chi connectivity index (χ0) is 22.2. The number of terminal acetylenes is 1. The van der Waals surface area contributed by atoms with Gasteiger partial charge in [-0.15, -0.1) is 6.42 Å². The van der Waals surface area contributed by atoms with Crippen molar-refractivity contribution in [2.24, 2.45) is 16.6 Å². The average molecular weight is 429 g/mol. The molecule has 31 heavy (non-hydrogen) atoms. The van der Waals surface area contributed by atoms with E-state index in [-0.39, 0.29) is 30.1 Å². The number of Topliss-reactive ketones (excluding diaryl/α,β-unsaturated/α-hetero) is 1. The van der Waals surface area contributed by atoms with Gasteiger partial charge in [0.25, 0.3) is 12.4 Å². The van der Waals surface area contributed by atoms with E-state index in [2.05, 4.69) is 15.9 Å². The fourth-order valence-corrected chi connectivity index (χ4v) is 3.82. The first-order valence-corrected chi connectivity index (χ1v) is 9.49. The standard InChI is InChI=1S/C22H18F3N3O3/c1-2-7-30-13-4-6-17(27-11-13)18(29)9-12-3-5-16(23)14(8-12)22(20(24)25)15-10-19(15)31-21(26)28-22/h1,3-6,8,11,15,19-20H,7,9-10H2,(H2,26,28)/t15-,19+,22+/m0/s1. The minimum absolute atomic E-state index is 0.0686. The molecule has 0 spiro atoms. The first-order valence-electron chi connectivity index (χ1n) is 9.49. The van der Waals surface area contributed by atoms with Crippen LogP contribution in [0.2, 0.25) is 0 Å². The monoisotopic (exact) mass is 429 g/mol. The van der Waals surface area contributed by atoms with Crippen LogP contribution in [0.4, 0.5) is 13.2 Å². The third-order valence-electron chi connectivity index (χ3n) is 5.37. The maximum Gasteiger partial charge on any atom is 0.283 e. The molecule has 2 N–H and O–H groups in total. The van der Waals surface area contributed by atoms with Crippen molar-refractivity contribution in [1.29, 1.82) is 0 Å². The molecule has 2 aromatic rings. The van der Waals surface area contributed by atoms with E-state index in [0.717, 1.165) is 6.07 Å². The fraction of sp³-hybridized carbons (Fsp3) is 0.318. The number of aromatic nitrogens is 1. The minimum atomic E-state index is -3.00. The van der Waals surface area contributed by atoms with E-state index in [0.29, 0.717) is 17.7 Å². The van der Waals surface area contributed by atoms with E-state index < -0.39 is 35.8 Å². The number of nitrogens with two attached hydrogens (primary N) is 1. The van der Waals surface area contributed by atoms with Crippen LogP contribution in [-0.2, 0) is 16.7 Å². The van der Waals surface area contributed by atoms with Crippen molar-refractivity contribution in [1.82, 2.24) is 4.98 Å². The number of rotatable bonds is 7. The average Bonchev–Trinajstić information content (AvgIpc) is 3.53. The second kappa shape index (κ2) is 7.95. The number of aliphatic imine (C=N–C) groups is 1. The molecule has 160 valence electrons. The number of hydrogen-bond donors (Lipinski definition) is 1. The molecule has 2 heterocycles. The van der Waals surface area contributed by atoms with E-state index in [9.17, 15) is 18.0 Å². The molecule has 0 bridgehead atoms. The molecule has 9 heteroatoms. The number of halogens is 3. The second-order valence-corrected chi connectivity index (χ2v) is 7.36. The van der Waals surface area contributed by atoms with Crippen LogP contribution in [0.5, 0.6) is 5.75 Å². The van der Waals surface area contributed by atoms with Gasteiger partial charge in [0, 0.05) is 17.9 Å². The number of ether oxygens (including phenoxy) is 2. The summed E-state index contributed by atoms with van der Waals surface area (Å²) < 4.78 is 53.5. The van der Waals surface area contributed by atoms with Crippen molar-refractivity contribution in [2.75, 3.05) is 6.61 Å². The van der Waals surface area contributed by atoms with Gasteiger partial charge < -0.3 is 15.2 Å². The maximum absolute atomic E-state index is 14.7. The molecule has 0 saturated heterocycles. The Kier molecular flexibility index (Phi) is 5.31. The van der Waals surface area contributed by atoms with Crippen LogP contribution in [0.1, 0.15) is 28.0 Å². The molecule has 0 unspecified atom stereocenters. The highest BCUT2D eigenvalue weighted by Gasteiger charge is 2.64. The van der Waals surface area contributed by atoms with Crippen molar-refractivity contribution in [3.05, 3.63) is 59.2 Å². The smallest absolute Gasteiger partial charge is 0.283 e. The summed E-state index contributed by atoms with van der Waals surface area (Å²) >= 11 is 0. The van der Waals surface area contributed by atoms with Crippen LogP contribution in [-0.4, -0.2) is 35.9 Å². The van der Waals surface area contributed by atoms with Crippen LogP contribution in [0.15, 0.2) is 41.5 Å². The number of pyridine rings is 1. The lowest BCUT2D eigenvalue weighted by atomic mass is 9.83. The summed E-state index contributed by atoms with van der Waals surface area (Å²) in [5, 5.41) is 0. The minimum Gasteiger partial charge on any atom is -0.479 e. The fourth-order valence-electron chi connectivity index (χ4n) is 3.82. The van der Waals surface area contributed by atoms with Gasteiger partial charge >= 0.3 is 0 Å². The Labute approximate surface area is 176 Å². The van der Waals surface area contributed by atoms with E-state index in [1.54, 1.807) is 6.07 Å². The zero-order valence-electron chi connectivity index (χ0n) is 16.2. The molecule has 4 rings (SSSR count). The predicted octanol–water partition coefficient (Wildman–Crippen LogP) is 2.85. The summed E-state index contributed by atoms with van der Waals surface area (Å²) in [4.78, 5) is 20.5. The number of fused-ring (bicyclic) bond motifs is 1. The van der Waals surface area contributed by atoms with Gasteiger partial charge in [-0.25, -0.2) is 23.1 Å². The van der Waals surface area contributed by atoms with E-state index >= 15 is 0 Å². The molecule has 1 saturated carbocycles. The Balaban J connectivity index is 1.60. The highest BCUT2D eigenvalue weighted by molar-refractivity contribution is 5.95. The molecule has 1 aliphatic heterocycles. The number of ketones is 1. The van der Waals surface area contributed by atoms with Crippen LogP contribution in [0.3, 0.4) is 0 Å². The Morgan fingerprint density at radius 3 is 2.87 bits per heavy atom. The summed E-state index contributed by atoms with van der Waals surface area (Å²) in [6.45, 7) is 0.0686. The van der Waals surface area contributed by atoms with Gasteiger partial charge in [-0.1, -0.05) is 12.0 Å². The highest BCUT2D eigenvalue weighted by Crippen LogP contribution is 2.56. The van der Waals surface area contributed by atoms with Crippen molar-refractivity contribution in [3.8, 4) is 18.1 Å². The lowest BCUT2D eigenvalue weighted by Gasteiger charge is -2.33. The normalized spacial score (nSPS) is 23.9. The summed E-state index contributed by atoms with van der Waals surface area (Å²) in [7, 11) is 0. The number of hydrogen-bond acceptors (Lipinski definition) is 6. The van der Waals surface area contributed by atoms with Crippen molar-refractivity contribution < 1.29 is 27.4 Å². The number of amidine groups is 1. The number of benzene rings is 1. The Morgan fingerprint density at radius 2 is 2.19 bits per heavy atom. The third kappa shape index (κ3) is 3.81. The molecule has 0 amide bonds. The molecule has 3 atom stereocenters.